The van der Waals surface area contributed by atoms with Crippen LogP contribution in [-0.2, 0) is 16.0 Å². The molecule has 0 saturated carbocycles. The fourth-order valence-corrected chi connectivity index (χ4v) is 6.32. The number of carbonyl (C=O) groups excluding carboxylic acids is 2. The van der Waals surface area contributed by atoms with Gasteiger partial charge in [-0.3, -0.25) is 14.5 Å². The van der Waals surface area contributed by atoms with E-state index in [1.807, 2.05) is 6.92 Å². The van der Waals surface area contributed by atoms with E-state index in [-0.39, 0.29) is 22.5 Å². The number of halogens is 3. The topological polar surface area (TPSA) is 79.7 Å². The normalized spacial score (nSPS) is 20.5. The minimum Gasteiger partial charge on any atom is -0.507 e. The average molecular weight is 572 g/mol. The van der Waals surface area contributed by atoms with Gasteiger partial charge >= 0.3 is 5.91 Å². The molecule has 2 unspecified atom stereocenters. The van der Waals surface area contributed by atoms with Gasteiger partial charge in [-0.2, -0.15) is 0 Å². The second-order valence-electron chi connectivity index (χ2n) is 8.91. The molecular weight excluding hydrogens is 555 g/mol. The van der Waals surface area contributed by atoms with E-state index in [2.05, 4.69) is 4.98 Å². The summed E-state index contributed by atoms with van der Waals surface area (Å²) in [6.45, 7) is 1.96. The smallest absolute Gasteiger partial charge is 0.301 e. The van der Waals surface area contributed by atoms with Crippen molar-refractivity contribution in [2.24, 2.45) is 0 Å². The van der Waals surface area contributed by atoms with Crippen molar-refractivity contribution in [3.63, 3.8) is 0 Å². The summed E-state index contributed by atoms with van der Waals surface area (Å²) in [5.41, 5.74) is 2.40. The molecule has 4 aromatic rings. The highest BCUT2D eigenvalue weighted by atomic mass is 35.5. The first kappa shape index (κ1) is 24.2. The number of aliphatic hydroxyl groups excluding tert-OH is 1. The molecule has 0 radical (unpaired) electrons. The third-order valence-electron chi connectivity index (χ3n) is 6.42. The molecule has 37 heavy (non-hydrogen) atoms. The summed E-state index contributed by atoms with van der Waals surface area (Å²) in [5, 5.41) is 12.9. The SMILES string of the molecule is CC1Cc2cc(/C(O)=C3\C(=O)C(=O)N(c4nc5ccc(Cl)cc5s4)C3c3ccc(Cl)c(Cl)c3)ccc2O1. The molecule has 1 amide bonds. The standard InChI is InChI=1S/C27H17Cl3N2O4S/c1-12-8-15-9-14(3-7-20(15)36-12)24(33)22-23(13-2-5-17(29)18(30)10-13)32(26(35)25(22)34)27-31-19-6-4-16(28)11-21(19)37-27/h2-7,9-12,23,33H,8H2,1H3/b24-22+. The highest BCUT2D eigenvalue weighted by Gasteiger charge is 2.48. The van der Waals surface area contributed by atoms with Crippen LogP contribution >= 0.6 is 46.1 Å². The number of ether oxygens (including phenoxy) is 1. The summed E-state index contributed by atoms with van der Waals surface area (Å²) in [6.07, 6.45) is 0.691. The van der Waals surface area contributed by atoms with Crippen LogP contribution < -0.4 is 9.64 Å². The first-order chi connectivity index (χ1) is 17.7. The summed E-state index contributed by atoms with van der Waals surface area (Å²) in [6, 6.07) is 14.3. The second kappa shape index (κ2) is 9.03. The summed E-state index contributed by atoms with van der Waals surface area (Å²) >= 11 is 19.8. The summed E-state index contributed by atoms with van der Waals surface area (Å²) < 4.78 is 6.52. The fraction of sp³-hybridized carbons (Fsp3) is 0.148. The molecule has 2 aliphatic rings. The molecule has 6 nitrogen and oxygen atoms in total. The van der Waals surface area contributed by atoms with Gasteiger partial charge in [-0.05, 0) is 66.6 Å². The number of nitrogens with zero attached hydrogens (tertiary/aromatic N) is 2. The predicted molar refractivity (Wildman–Crippen MR) is 146 cm³/mol. The molecule has 3 heterocycles. The summed E-state index contributed by atoms with van der Waals surface area (Å²) in [7, 11) is 0. The largest absolute Gasteiger partial charge is 0.507 e. The molecule has 186 valence electrons. The predicted octanol–water partition coefficient (Wildman–Crippen LogP) is 7.21. The van der Waals surface area contributed by atoms with Crippen LogP contribution in [0.1, 0.15) is 29.7 Å². The van der Waals surface area contributed by atoms with E-state index in [9.17, 15) is 14.7 Å². The fourth-order valence-electron chi connectivity index (χ4n) is 4.74. The van der Waals surface area contributed by atoms with Gasteiger partial charge in [-0.25, -0.2) is 4.98 Å². The van der Waals surface area contributed by atoms with Crippen molar-refractivity contribution in [1.82, 2.24) is 4.98 Å². The van der Waals surface area contributed by atoms with Gasteiger partial charge in [0.1, 0.15) is 17.6 Å². The van der Waals surface area contributed by atoms with Crippen LogP contribution in [0.15, 0.2) is 60.2 Å². The number of thiazole rings is 1. The Kier molecular flexibility index (Phi) is 5.92. The van der Waals surface area contributed by atoms with Crippen molar-refractivity contribution in [3.8, 4) is 5.75 Å². The number of carbonyl (C=O) groups is 2. The number of hydrogen-bond acceptors (Lipinski definition) is 6. The van der Waals surface area contributed by atoms with Crippen molar-refractivity contribution in [1.29, 1.82) is 0 Å². The molecule has 0 bridgehead atoms. The third-order valence-corrected chi connectivity index (χ3v) is 8.41. The van der Waals surface area contributed by atoms with Crippen LogP contribution in [0.2, 0.25) is 15.1 Å². The third kappa shape index (κ3) is 4.07. The van der Waals surface area contributed by atoms with E-state index in [1.165, 1.54) is 16.2 Å². The van der Waals surface area contributed by atoms with Gasteiger partial charge in [-0.1, -0.05) is 52.2 Å². The number of hydrogen-bond donors (Lipinski definition) is 1. The van der Waals surface area contributed by atoms with E-state index in [0.717, 1.165) is 16.0 Å². The highest BCUT2D eigenvalue weighted by Crippen LogP contribution is 2.46. The molecule has 0 spiro atoms. The second-order valence-corrected chi connectivity index (χ2v) is 11.2. The van der Waals surface area contributed by atoms with Crippen molar-refractivity contribution < 1.29 is 19.4 Å². The maximum Gasteiger partial charge on any atom is 0.301 e. The minimum absolute atomic E-state index is 0.0155. The lowest BCUT2D eigenvalue weighted by Crippen LogP contribution is -2.29. The first-order valence-corrected chi connectivity index (χ1v) is 13.3. The number of fused-ring (bicyclic) bond motifs is 2. The molecule has 6 rings (SSSR count). The van der Waals surface area contributed by atoms with Gasteiger partial charge in [0, 0.05) is 17.0 Å². The zero-order valence-electron chi connectivity index (χ0n) is 19.2. The van der Waals surface area contributed by atoms with Crippen molar-refractivity contribution >= 4 is 78.9 Å². The van der Waals surface area contributed by atoms with Crippen LogP contribution in [0.3, 0.4) is 0 Å². The number of anilines is 1. The maximum atomic E-state index is 13.5. The number of aliphatic hydroxyl groups is 1. The van der Waals surface area contributed by atoms with Crippen LogP contribution in [0.4, 0.5) is 5.13 Å². The van der Waals surface area contributed by atoms with Gasteiger partial charge in [-0.15, -0.1) is 0 Å². The van der Waals surface area contributed by atoms with Crippen molar-refractivity contribution in [3.05, 3.63) is 91.9 Å². The Morgan fingerprint density at radius 3 is 2.65 bits per heavy atom. The van der Waals surface area contributed by atoms with Gasteiger partial charge < -0.3 is 9.84 Å². The Hall–Kier alpha value is -3.10. The van der Waals surface area contributed by atoms with E-state index >= 15 is 0 Å². The molecule has 10 heteroatoms. The van der Waals surface area contributed by atoms with Crippen LogP contribution in [0.5, 0.6) is 5.75 Å². The molecular formula is C27H17Cl3N2O4S. The molecule has 1 saturated heterocycles. The van der Waals surface area contributed by atoms with Crippen molar-refractivity contribution in [2.45, 2.75) is 25.5 Å². The zero-order valence-corrected chi connectivity index (χ0v) is 22.3. The number of amides is 1. The highest BCUT2D eigenvalue weighted by molar-refractivity contribution is 7.22. The summed E-state index contributed by atoms with van der Waals surface area (Å²) in [4.78, 5) is 32.8. The molecule has 2 atom stereocenters. The van der Waals surface area contributed by atoms with Crippen LogP contribution in [0.25, 0.3) is 16.0 Å². The van der Waals surface area contributed by atoms with E-state index in [0.29, 0.717) is 38.2 Å². The van der Waals surface area contributed by atoms with Gasteiger partial charge in [0.2, 0.25) is 0 Å². The molecule has 0 aliphatic carbocycles. The first-order valence-electron chi connectivity index (χ1n) is 11.3. The maximum absolute atomic E-state index is 13.5. The lowest BCUT2D eigenvalue weighted by Gasteiger charge is -2.23. The Morgan fingerprint density at radius 2 is 1.86 bits per heavy atom. The molecule has 1 aromatic heterocycles. The monoisotopic (exact) mass is 570 g/mol. The average Bonchev–Trinajstić information content (AvgIpc) is 3.52. The molecule has 3 aromatic carbocycles. The molecule has 2 aliphatic heterocycles. The quantitative estimate of drug-likeness (QED) is 0.160. The van der Waals surface area contributed by atoms with E-state index in [4.69, 9.17) is 39.5 Å². The Labute approximate surface area is 230 Å². The van der Waals surface area contributed by atoms with Gasteiger partial charge in [0.15, 0.2) is 5.13 Å². The van der Waals surface area contributed by atoms with Gasteiger partial charge in [0.05, 0.1) is 31.9 Å². The number of rotatable bonds is 3. The van der Waals surface area contributed by atoms with Gasteiger partial charge in [0.25, 0.3) is 5.78 Å². The van der Waals surface area contributed by atoms with Crippen LogP contribution in [-0.4, -0.2) is 27.9 Å². The van der Waals surface area contributed by atoms with Crippen LogP contribution in [0, 0.1) is 0 Å². The number of ketones is 1. The lowest BCUT2D eigenvalue weighted by atomic mass is 9.94. The minimum atomic E-state index is -0.978. The Balaban J connectivity index is 1.55. The Morgan fingerprint density at radius 1 is 1.05 bits per heavy atom. The molecule has 1 N–H and O–H groups in total. The zero-order chi connectivity index (χ0) is 26.0. The Bertz CT molecular complexity index is 1660. The summed E-state index contributed by atoms with van der Waals surface area (Å²) in [5.74, 6) is -1.18. The number of Topliss-reactive ketones (excluding diaryl/α,β-unsaturated/α-hetero) is 1. The van der Waals surface area contributed by atoms with E-state index in [1.54, 1.807) is 54.6 Å². The van der Waals surface area contributed by atoms with Crippen molar-refractivity contribution in [2.75, 3.05) is 4.90 Å². The number of aromatic nitrogens is 1. The number of benzene rings is 3. The van der Waals surface area contributed by atoms with E-state index < -0.39 is 17.7 Å². The lowest BCUT2D eigenvalue weighted by molar-refractivity contribution is -0.132. The molecule has 1 fully saturated rings.